The highest BCUT2D eigenvalue weighted by Gasteiger charge is 2.37. The van der Waals surface area contributed by atoms with Gasteiger partial charge in [-0.05, 0) is 55.9 Å². The van der Waals surface area contributed by atoms with Gasteiger partial charge < -0.3 is 5.73 Å². The summed E-state index contributed by atoms with van der Waals surface area (Å²) in [7, 11) is 0. The maximum atomic E-state index is 13.0. The molecule has 2 rings (SSSR count). The molecule has 0 amide bonds. The zero-order valence-corrected chi connectivity index (χ0v) is 8.82. The molecule has 0 saturated heterocycles. The fourth-order valence-corrected chi connectivity index (χ4v) is 1.75. The molecule has 82 valence electrons. The molecular weight excluding hydrogens is 196 g/mol. The Hall–Kier alpha value is -0.960. The first-order valence-electron chi connectivity index (χ1n) is 5.24. The molecule has 1 fully saturated rings. The topological polar surface area (TPSA) is 26.0 Å². The number of rotatable bonds is 3. The van der Waals surface area contributed by atoms with Crippen molar-refractivity contribution < 1.29 is 8.78 Å². The van der Waals surface area contributed by atoms with E-state index in [-0.39, 0.29) is 5.54 Å². The Labute approximate surface area is 88.3 Å². The Morgan fingerprint density at radius 1 is 1.27 bits per heavy atom. The molecule has 0 aromatic heterocycles. The average molecular weight is 211 g/mol. The molecule has 1 nitrogen and oxygen atoms in total. The van der Waals surface area contributed by atoms with Crippen molar-refractivity contribution in [3.8, 4) is 0 Å². The van der Waals surface area contributed by atoms with Crippen LogP contribution in [0.1, 0.15) is 30.4 Å². The number of aryl methyl sites for hydroxylation is 2. The highest BCUT2D eigenvalue weighted by atomic mass is 19.2. The summed E-state index contributed by atoms with van der Waals surface area (Å²) in [5.41, 5.74) is 7.58. The smallest absolute Gasteiger partial charge is 0.159 e. The lowest BCUT2D eigenvalue weighted by Gasteiger charge is -2.10. The van der Waals surface area contributed by atoms with E-state index in [0.29, 0.717) is 0 Å². The van der Waals surface area contributed by atoms with Crippen LogP contribution in [0, 0.1) is 18.6 Å². The minimum atomic E-state index is -0.773. The summed E-state index contributed by atoms with van der Waals surface area (Å²) < 4.78 is 25.8. The zero-order chi connectivity index (χ0) is 11.1. The minimum absolute atomic E-state index is 0.0305. The maximum Gasteiger partial charge on any atom is 0.159 e. The summed E-state index contributed by atoms with van der Waals surface area (Å²) in [6.07, 6.45) is 3.70. The second-order valence-electron chi connectivity index (χ2n) is 4.56. The average Bonchev–Trinajstić information content (AvgIpc) is 2.89. The van der Waals surface area contributed by atoms with Gasteiger partial charge in [-0.1, -0.05) is 0 Å². The SMILES string of the molecule is Cc1cc(F)c(F)cc1CCC1(N)CC1. The van der Waals surface area contributed by atoms with Crippen molar-refractivity contribution >= 4 is 0 Å². The molecule has 0 atom stereocenters. The zero-order valence-electron chi connectivity index (χ0n) is 8.82. The van der Waals surface area contributed by atoms with Crippen molar-refractivity contribution in [2.24, 2.45) is 5.73 Å². The van der Waals surface area contributed by atoms with Gasteiger partial charge in [0.15, 0.2) is 11.6 Å². The Bertz CT molecular complexity index is 383. The molecule has 1 aromatic carbocycles. The van der Waals surface area contributed by atoms with Crippen molar-refractivity contribution in [1.82, 2.24) is 0 Å². The van der Waals surface area contributed by atoms with Gasteiger partial charge in [0.25, 0.3) is 0 Å². The Morgan fingerprint density at radius 3 is 2.47 bits per heavy atom. The van der Waals surface area contributed by atoms with E-state index in [1.54, 1.807) is 6.92 Å². The molecule has 3 heteroatoms. The van der Waals surface area contributed by atoms with Gasteiger partial charge in [-0.3, -0.25) is 0 Å². The Morgan fingerprint density at radius 2 is 1.87 bits per heavy atom. The quantitative estimate of drug-likeness (QED) is 0.817. The third kappa shape index (κ3) is 2.34. The summed E-state index contributed by atoms with van der Waals surface area (Å²) in [5.74, 6) is -1.54. The van der Waals surface area contributed by atoms with Gasteiger partial charge in [0.1, 0.15) is 0 Å². The van der Waals surface area contributed by atoms with Crippen LogP contribution in [-0.2, 0) is 6.42 Å². The third-order valence-electron chi connectivity index (χ3n) is 3.16. The summed E-state index contributed by atoms with van der Waals surface area (Å²) in [4.78, 5) is 0. The lowest BCUT2D eigenvalue weighted by Crippen LogP contribution is -2.22. The summed E-state index contributed by atoms with van der Waals surface area (Å²) in [6.45, 7) is 1.80. The normalized spacial score (nSPS) is 17.9. The molecular formula is C12H15F2N. The highest BCUT2D eigenvalue weighted by molar-refractivity contribution is 5.28. The summed E-state index contributed by atoms with van der Waals surface area (Å²) in [6, 6.07) is 2.54. The van der Waals surface area contributed by atoms with Gasteiger partial charge >= 0.3 is 0 Å². The fraction of sp³-hybridized carbons (Fsp3) is 0.500. The van der Waals surface area contributed by atoms with Crippen LogP contribution in [-0.4, -0.2) is 5.54 Å². The van der Waals surface area contributed by atoms with Gasteiger partial charge in [0.2, 0.25) is 0 Å². The second kappa shape index (κ2) is 3.56. The van der Waals surface area contributed by atoms with E-state index >= 15 is 0 Å². The molecule has 15 heavy (non-hydrogen) atoms. The van der Waals surface area contributed by atoms with Crippen LogP contribution >= 0.6 is 0 Å². The van der Waals surface area contributed by atoms with Crippen molar-refractivity contribution in [3.63, 3.8) is 0 Å². The predicted octanol–water partition coefficient (Wildman–Crippen LogP) is 2.70. The first-order chi connectivity index (χ1) is 7.00. The van der Waals surface area contributed by atoms with Crippen molar-refractivity contribution in [2.75, 3.05) is 0 Å². The number of hydrogen-bond acceptors (Lipinski definition) is 1. The van der Waals surface area contributed by atoms with Gasteiger partial charge in [0, 0.05) is 5.54 Å². The largest absolute Gasteiger partial charge is 0.325 e. The van der Waals surface area contributed by atoms with Crippen LogP contribution in [0.4, 0.5) is 8.78 Å². The summed E-state index contributed by atoms with van der Waals surface area (Å²) >= 11 is 0. The van der Waals surface area contributed by atoms with Gasteiger partial charge in [-0.2, -0.15) is 0 Å². The summed E-state index contributed by atoms with van der Waals surface area (Å²) in [5, 5.41) is 0. The molecule has 0 unspecified atom stereocenters. The van der Waals surface area contributed by atoms with Crippen molar-refractivity contribution in [2.45, 2.75) is 38.1 Å². The van der Waals surface area contributed by atoms with E-state index < -0.39 is 11.6 Å². The van der Waals surface area contributed by atoms with Crippen LogP contribution in [0.15, 0.2) is 12.1 Å². The van der Waals surface area contributed by atoms with E-state index in [4.69, 9.17) is 5.73 Å². The van der Waals surface area contributed by atoms with Crippen LogP contribution in [0.2, 0.25) is 0 Å². The van der Waals surface area contributed by atoms with Crippen LogP contribution in [0.3, 0.4) is 0 Å². The molecule has 1 aliphatic carbocycles. The number of halogens is 2. The van der Waals surface area contributed by atoms with E-state index in [9.17, 15) is 8.78 Å². The molecule has 1 aliphatic rings. The number of nitrogens with two attached hydrogens (primary N) is 1. The standard InChI is InChI=1S/C12H15F2N/c1-8-6-10(13)11(14)7-9(8)2-3-12(15)4-5-12/h6-7H,2-5,15H2,1H3. The van der Waals surface area contributed by atoms with Crippen LogP contribution < -0.4 is 5.73 Å². The van der Waals surface area contributed by atoms with Crippen LogP contribution in [0.25, 0.3) is 0 Å². The predicted molar refractivity (Wildman–Crippen MR) is 55.6 cm³/mol. The van der Waals surface area contributed by atoms with Gasteiger partial charge in [-0.15, -0.1) is 0 Å². The Balaban J connectivity index is 2.10. The highest BCUT2D eigenvalue weighted by Crippen LogP contribution is 2.36. The fourth-order valence-electron chi connectivity index (χ4n) is 1.75. The number of benzene rings is 1. The van der Waals surface area contributed by atoms with Crippen molar-refractivity contribution in [3.05, 3.63) is 34.9 Å². The van der Waals surface area contributed by atoms with Gasteiger partial charge in [0.05, 0.1) is 0 Å². The van der Waals surface area contributed by atoms with E-state index in [1.165, 1.54) is 12.1 Å². The van der Waals surface area contributed by atoms with Gasteiger partial charge in [-0.25, -0.2) is 8.78 Å². The molecule has 0 bridgehead atoms. The maximum absolute atomic E-state index is 13.0. The first-order valence-corrected chi connectivity index (χ1v) is 5.24. The minimum Gasteiger partial charge on any atom is -0.325 e. The van der Waals surface area contributed by atoms with E-state index in [2.05, 4.69) is 0 Å². The molecule has 1 aromatic rings. The molecule has 2 N–H and O–H groups in total. The lowest BCUT2D eigenvalue weighted by molar-refractivity contribution is 0.504. The molecule has 0 spiro atoms. The Kier molecular flexibility index (Phi) is 2.51. The molecule has 1 saturated carbocycles. The first kappa shape index (κ1) is 10.6. The van der Waals surface area contributed by atoms with E-state index in [0.717, 1.165) is 36.8 Å². The second-order valence-corrected chi connectivity index (χ2v) is 4.56. The van der Waals surface area contributed by atoms with Crippen molar-refractivity contribution in [1.29, 1.82) is 0 Å². The molecule has 0 heterocycles. The third-order valence-corrected chi connectivity index (χ3v) is 3.16. The molecule has 0 aliphatic heterocycles. The van der Waals surface area contributed by atoms with E-state index in [1.807, 2.05) is 0 Å². The monoisotopic (exact) mass is 211 g/mol. The number of hydrogen-bond donors (Lipinski definition) is 1. The lowest BCUT2D eigenvalue weighted by atomic mass is 10.00. The molecule has 0 radical (unpaired) electrons. The van der Waals surface area contributed by atoms with Crippen LogP contribution in [0.5, 0.6) is 0 Å².